The van der Waals surface area contributed by atoms with Crippen LogP contribution in [-0.2, 0) is 4.74 Å². The van der Waals surface area contributed by atoms with Crippen molar-refractivity contribution in [3.63, 3.8) is 0 Å². The number of nitrogens with zero attached hydrogens (tertiary/aromatic N) is 1. The number of nitrogens with two attached hydrogens (primary N) is 1. The molecule has 2 N–H and O–H groups in total. The van der Waals surface area contributed by atoms with Crippen LogP contribution in [0.3, 0.4) is 0 Å². The Morgan fingerprint density at radius 1 is 1.50 bits per heavy atom. The van der Waals surface area contributed by atoms with E-state index < -0.39 is 0 Å². The molecule has 4 nitrogen and oxygen atoms in total. The fraction of sp³-hybridized carbons (Fsp3) is 0.455. The van der Waals surface area contributed by atoms with Crippen molar-refractivity contribution in [2.45, 2.75) is 20.0 Å². The largest absolute Gasteiger partial charge is 0.475 e. The predicted molar refractivity (Wildman–Crippen MR) is 66.7 cm³/mol. The summed E-state index contributed by atoms with van der Waals surface area (Å²) in [5.41, 5.74) is 6.26. The van der Waals surface area contributed by atoms with E-state index in [0.29, 0.717) is 24.1 Å². The van der Waals surface area contributed by atoms with E-state index in [1.54, 1.807) is 18.3 Å². The van der Waals surface area contributed by atoms with E-state index in [1.165, 1.54) is 0 Å². The quantitative estimate of drug-likeness (QED) is 0.603. The van der Waals surface area contributed by atoms with Gasteiger partial charge in [-0.1, -0.05) is 12.2 Å². The molecule has 0 saturated carbocycles. The van der Waals surface area contributed by atoms with Crippen LogP contribution in [0.1, 0.15) is 19.4 Å². The molecule has 1 aromatic rings. The van der Waals surface area contributed by atoms with Gasteiger partial charge in [-0.25, -0.2) is 4.98 Å². The van der Waals surface area contributed by atoms with Crippen LogP contribution in [0, 0.1) is 0 Å². The first-order chi connectivity index (χ1) is 7.59. The highest BCUT2D eigenvalue weighted by molar-refractivity contribution is 7.80. The monoisotopic (exact) mass is 240 g/mol. The lowest BCUT2D eigenvalue weighted by Gasteiger charge is -2.09. The molecule has 0 saturated heterocycles. The minimum Gasteiger partial charge on any atom is -0.475 e. The van der Waals surface area contributed by atoms with Gasteiger partial charge in [-0.15, -0.1) is 0 Å². The summed E-state index contributed by atoms with van der Waals surface area (Å²) in [4.78, 5) is 4.38. The summed E-state index contributed by atoms with van der Waals surface area (Å²) in [6, 6.07) is 3.47. The summed E-state index contributed by atoms with van der Waals surface area (Å²) in [5.74, 6) is 0.512. The lowest BCUT2D eigenvalue weighted by molar-refractivity contribution is 0.0542. The van der Waals surface area contributed by atoms with Crippen LogP contribution in [0.25, 0.3) is 0 Å². The Labute approximate surface area is 101 Å². The maximum Gasteiger partial charge on any atom is 0.213 e. The molecule has 0 unspecified atom stereocenters. The van der Waals surface area contributed by atoms with Gasteiger partial charge in [0.25, 0.3) is 0 Å². The van der Waals surface area contributed by atoms with Gasteiger partial charge in [-0.05, 0) is 19.9 Å². The predicted octanol–water partition coefficient (Wildman–Crippen LogP) is 1.52. The highest BCUT2D eigenvalue weighted by atomic mass is 32.1. The number of hydrogen-bond acceptors (Lipinski definition) is 4. The second-order valence-corrected chi connectivity index (χ2v) is 3.95. The molecule has 0 atom stereocenters. The molecule has 0 bridgehead atoms. The lowest BCUT2D eigenvalue weighted by Crippen LogP contribution is -2.13. The third-order valence-corrected chi connectivity index (χ3v) is 2.04. The van der Waals surface area contributed by atoms with E-state index in [0.717, 1.165) is 5.56 Å². The van der Waals surface area contributed by atoms with Crippen LogP contribution in [0.5, 0.6) is 5.88 Å². The summed E-state index contributed by atoms with van der Waals surface area (Å²) in [5, 5.41) is 0. The van der Waals surface area contributed by atoms with Crippen molar-refractivity contribution in [1.29, 1.82) is 0 Å². The second kappa shape index (κ2) is 6.40. The third-order valence-electron chi connectivity index (χ3n) is 1.80. The molecule has 5 heteroatoms. The highest BCUT2D eigenvalue weighted by Crippen LogP contribution is 2.09. The summed E-state index contributed by atoms with van der Waals surface area (Å²) < 4.78 is 10.7. The van der Waals surface area contributed by atoms with Gasteiger partial charge in [0.1, 0.15) is 11.6 Å². The Bertz CT molecular complexity index is 356. The van der Waals surface area contributed by atoms with Crippen LogP contribution < -0.4 is 10.5 Å². The molecule has 1 aromatic heterocycles. The fourth-order valence-electron chi connectivity index (χ4n) is 1.07. The average molecular weight is 240 g/mol. The molecule has 88 valence electrons. The number of aromatic nitrogens is 1. The Kier molecular flexibility index (Phi) is 5.14. The van der Waals surface area contributed by atoms with Gasteiger partial charge in [-0.2, -0.15) is 0 Å². The highest BCUT2D eigenvalue weighted by Gasteiger charge is 2.00. The topological polar surface area (TPSA) is 57.4 Å². The van der Waals surface area contributed by atoms with Gasteiger partial charge in [0.2, 0.25) is 5.88 Å². The van der Waals surface area contributed by atoms with E-state index in [2.05, 4.69) is 4.98 Å². The van der Waals surface area contributed by atoms with Crippen LogP contribution in [-0.4, -0.2) is 29.3 Å². The normalized spacial score (nSPS) is 10.4. The van der Waals surface area contributed by atoms with Gasteiger partial charge in [-0.3, -0.25) is 0 Å². The zero-order valence-corrected chi connectivity index (χ0v) is 10.3. The molecular formula is C11H16N2O2S. The Morgan fingerprint density at radius 2 is 2.25 bits per heavy atom. The minimum atomic E-state index is 0.208. The summed E-state index contributed by atoms with van der Waals surface area (Å²) >= 11 is 4.86. The standard InChI is InChI=1S/C11H16N2O2S/c1-8(2)14-5-6-15-10-7-9(11(12)16)3-4-13-10/h3-4,7-8H,5-6H2,1-2H3,(H2,12,16). The molecule has 16 heavy (non-hydrogen) atoms. The number of pyridine rings is 1. The molecule has 0 aliphatic rings. The van der Waals surface area contributed by atoms with Crippen molar-refractivity contribution in [3.8, 4) is 5.88 Å². The number of rotatable bonds is 6. The molecule has 1 heterocycles. The molecule has 0 aliphatic carbocycles. The number of ether oxygens (including phenoxy) is 2. The van der Waals surface area contributed by atoms with Gasteiger partial charge in [0.05, 0.1) is 12.7 Å². The van der Waals surface area contributed by atoms with E-state index in [1.807, 2.05) is 13.8 Å². The number of thiocarbonyl (C=S) groups is 1. The molecule has 0 aromatic carbocycles. The fourth-order valence-corrected chi connectivity index (χ4v) is 1.20. The molecule has 0 aliphatic heterocycles. The van der Waals surface area contributed by atoms with Crippen LogP contribution in [0.4, 0.5) is 0 Å². The minimum absolute atomic E-state index is 0.208. The lowest BCUT2D eigenvalue weighted by atomic mass is 10.3. The molecule has 1 rings (SSSR count). The molecule has 0 fully saturated rings. The average Bonchev–Trinajstić information content (AvgIpc) is 2.24. The van der Waals surface area contributed by atoms with Crippen molar-refractivity contribution < 1.29 is 9.47 Å². The van der Waals surface area contributed by atoms with Crippen molar-refractivity contribution in [2.24, 2.45) is 5.73 Å². The second-order valence-electron chi connectivity index (χ2n) is 3.52. The van der Waals surface area contributed by atoms with Crippen molar-refractivity contribution in [2.75, 3.05) is 13.2 Å². The van der Waals surface area contributed by atoms with Crippen LogP contribution in [0.2, 0.25) is 0 Å². The first-order valence-electron chi connectivity index (χ1n) is 5.10. The SMILES string of the molecule is CC(C)OCCOc1cc(C(N)=S)ccn1. The van der Waals surface area contributed by atoms with E-state index in [9.17, 15) is 0 Å². The smallest absolute Gasteiger partial charge is 0.213 e. The zero-order valence-electron chi connectivity index (χ0n) is 9.47. The van der Waals surface area contributed by atoms with Gasteiger partial charge < -0.3 is 15.2 Å². The van der Waals surface area contributed by atoms with Crippen LogP contribution >= 0.6 is 12.2 Å². The molecular weight excluding hydrogens is 224 g/mol. The first kappa shape index (κ1) is 12.9. The zero-order chi connectivity index (χ0) is 12.0. The summed E-state index contributed by atoms with van der Waals surface area (Å²) in [7, 11) is 0. The van der Waals surface area contributed by atoms with Crippen LogP contribution in [0.15, 0.2) is 18.3 Å². The summed E-state index contributed by atoms with van der Waals surface area (Å²) in [6.07, 6.45) is 1.83. The van der Waals surface area contributed by atoms with Gasteiger partial charge in [0, 0.05) is 17.8 Å². The number of hydrogen-bond donors (Lipinski definition) is 1. The van der Waals surface area contributed by atoms with E-state index >= 15 is 0 Å². The maximum absolute atomic E-state index is 5.50. The Balaban J connectivity index is 2.42. The third kappa shape index (κ3) is 4.55. The molecule has 0 radical (unpaired) electrons. The van der Waals surface area contributed by atoms with E-state index in [4.69, 9.17) is 27.4 Å². The first-order valence-corrected chi connectivity index (χ1v) is 5.50. The van der Waals surface area contributed by atoms with Gasteiger partial charge >= 0.3 is 0 Å². The Morgan fingerprint density at radius 3 is 2.88 bits per heavy atom. The van der Waals surface area contributed by atoms with Gasteiger partial charge in [0.15, 0.2) is 0 Å². The molecule has 0 amide bonds. The molecule has 0 spiro atoms. The van der Waals surface area contributed by atoms with Crippen molar-refractivity contribution in [1.82, 2.24) is 4.98 Å². The summed E-state index contributed by atoms with van der Waals surface area (Å²) in [6.45, 7) is 4.96. The maximum atomic E-state index is 5.50. The van der Waals surface area contributed by atoms with Crippen molar-refractivity contribution in [3.05, 3.63) is 23.9 Å². The van der Waals surface area contributed by atoms with E-state index in [-0.39, 0.29) is 6.10 Å². The Hall–Kier alpha value is -1.20. The van der Waals surface area contributed by atoms with Crippen molar-refractivity contribution >= 4 is 17.2 Å².